The van der Waals surface area contributed by atoms with E-state index in [1.807, 2.05) is 91.0 Å². The number of tetrazole rings is 1. The number of aryl methyl sites for hydroxylation is 1. The predicted molar refractivity (Wildman–Crippen MR) is 171 cm³/mol. The first-order valence-electron chi connectivity index (χ1n) is 14.9. The first-order valence-corrected chi connectivity index (χ1v) is 14.9. The van der Waals surface area contributed by atoms with Crippen LogP contribution in [0.1, 0.15) is 31.2 Å². The molecule has 0 aliphatic heterocycles. The smallest absolute Gasteiger partial charge is 0.267 e. The largest absolute Gasteiger partial charge is 0.436 e. The van der Waals surface area contributed by atoms with Crippen molar-refractivity contribution in [3.05, 3.63) is 121 Å². The quantitative estimate of drug-likeness (QED) is 0.162. The maximum absolute atomic E-state index is 6.36. The van der Waals surface area contributed by atoms with Crippen molar-refractivity contribution in [3.63, 3.8) is 0 Å². The predicted octanol–water partition coefficient (Wildman–Crippen LogP) is 7.65. The van der Waals surface area contributed by atoms with Gasteiger partial charge in [0, 0.05) is 12.0 Å². The average molecular weight is 595 g/mol. The Morgan fingerprint density at radius 1 is 0.667 bits per heavy atom. The number of fused-ring (bicyclic) bond motifs is 1. The summed E-state index contributed by atoms with van der Waals surface area (Å²) in [6, 6.07) is 35.5. The van der Waals surface area contributed by atoms with Crippen LogP contribution in [0.15, 0.2) is 109 Å². The van der Waals surface area contributed by atoms with E-state index in [1.54, 1.807) is 0 Å². The Kier molecular flexibility index (Phi) is 7.91. The van der Waals surface area contributed by atoms with E-state index in [9.17, 15) is 0 Å². The van der Waals surface area contributed by atoms with Gasteiger partial charge in [-0.1, -0.05) is 98.3 Å². The van der Waals surface area contributed by atoms with Gasteiger partial charge in [-0.15, -0.1) is 20.4 Å². The number of benzene rings is 4. The molecule has 0 spiro atoms. The van der Waals surface area contributed by atoms with Gasteiger partial charge in [-0.3, -0.25) is 0 Å². The van der Waals surface area contributed by atoms with Crippen LogP contribution in [0.3, 0.4) is 0 Å². The summed E-state index contributed by atoms with van der Waals surface area (Å²) in [7, 11) is 0. The summed E-state index contributed by atoms with van der Waals surface area (Å²) in [4.78, 5) is 5.13. The number of aromatic amines is 1. The first kappa shape index (κ1) is 27.9. The molecule has 0 aliphatic carbocycles. The molecule has 0 bridgehead atoms. The second-order valence-corrected chi connectivity index (χ2v) is 10.5. The number of ether oxygens (including phenoxy) is 2. The molecule has 0 fully saturated rings. The van der Waals surface area contributed by atoms with Gasteiger partial charge in [0.2, 0.25) is 5.82 Å². The van der Waals surface area contributed by atoms with E-state index in [-0.39, 0.29) is 0 Å². The van der Waals surface area contributed by atoms with E-state index in [4.69, 9.17) is 14.5 Å². The molecule has 1 N–H and O–H groups in total. The molecule has 0 unspecified atom stereocenters. The van der Waals surface area contributed by atoms with E-state index >= 15 is 0 Å². The van der Waals surface area contributed by atoms with Crippen LogP contribution < -0.4 is 9.47 Å². The number of rotatable bonds is 11. The molecule has 0 aliphatic rings. The van der Waals surface area contributed by atoms with Crippen LogP contribution in [-0.2, 0) is 13.0 Å². The Labute approximate surface area is 259 Å². The third-order valence-electron chi connectivity index (χ3n) is 7.50. The van der Waals surface area contributed by atoms with Gasteiger partial charge in [0.15, 0.2) is 5.52 Å². The van der Waals surface area contributed by atoms with E-state index < -0.39 is 0 Å². The summed E-state index contributed by atoms with van der Waals surface area (Å²) >= 11 is 0. The van der Waals surface area contributed by atoms with Gasteiger partial charge in [0.1, 0.15) is 22.8 Å². The van der Waals surface area contributed by atoms with E-state index in [0.29, 0.717) is 46.7 Å². The van der Waals surface area contributed by atoms with Gasteiger partial charge >= 0.3 is 0 Å². The molecule has 45 heavy (non-hydrogen) atoms. The number of nitrogens with zero attached hydrogens (tertiary/aromatic N) is 7. The topological polar surface area (TPSA) is 117 Å². The fourth-order valence-electron chi connectivity index (χ4n) is 5.36. The van der Waals surface area contributed by atoms with Crippen LogP contribution in [0.25, 0.3) is 33.5 Å². The van der Waals surface area contributed by atoms with Gasteiger partial charge in [-0.05, 0) is 52.6 Å². The number of para-hydroxylation sites is 2. The lowest BCUT2D eigenvalue weighted by molar-refractivity contribution is 0.434. The summed E-state index contributed by atoms with van der Waals surface area (Å²) < 4.78 is 14.8. The van der Waals surface area contributed by atoms with Crippen molar-refractivity contribution in [1.82, 2.24) is 40.4 Å². The SMILES string of the molecule is CCCCc1nc2c(Oc3ccccc3)nnc(Oc3ccccc3)c2n1Cc1ccccc1-c1ccccc1-c1nn[nH]n1. The van der Waals surface area contributed by atoms with Crippen LogP contribution in [0.4, 0.5) is 0 Å². The molecule has 10 nitrogen and oxygen atoms in total. The highest BCUT2D eigenvalue weighted by molar-refractivity contribution is 5.86. The number of imidazole rings is 1. The van der Waals surface area contributed by atoms with Crippen molar-refractivity contribution < 1.29 is 9.47 Å². The highest BCUT2D eigenvalue weighted by atomic mass is 16.5. The van der Waals surface area contributed by atoms with Crippen molar-refractivity contribution in [2.75, 3.05) is 0 Å². The minimum Gasteiger partial charge on any atom is -0.436 e. The first-order chi connectivity index (χ1) is 22.3. The van der Waals surface area contributed by atoms with Crippen LogP contribution in [0, 0.1) is 0 Å². The van der Waals surface area contributed by atoms with Gasteiger partial charge in [-0.2, -0.15) is 5.21 Å². The van der Waals surface area contributed by atoms with Crippen LogP contribution in [0.5, 0.6) is 23.3 Å². The monoisotopic (exact) mass is 594 g/mol. The lowest BCUT2D eigenvalue weighted by Gasteiger charge is -2.16. The molecular weight excluding hydrogens is 564 g/mol. The molecule has 7 rings (SSSR count). The Morgan fingerprint density at radius 2 is 1.29 bits per heavy atom. The van der Waals surface area contributed by atoms with Crippen molar-refractivity contribution in [2.24, 2.45) is 0 Å². The van der Waals surface area contributed by atoms with Gasteiger partial charge in [-0.25, -0.2) is 4.98 Å². The zero-order chi connectivity index (χ0) is 30.4. The standard InChI is InChI=1S/C35H30N8O2/c1-2-3-22-30-36-31-32(35(45-26-17-8-5-9-18-26)40-39-34(31)44-25-15-6-4-7-16-25)43(30)23-24-14-10-11-19-27(24)28-20-12-13-21-29(28)33-37-41-42-38-33/h4-21H,2-3,22-23H2,1H3,(H,37,38,41,42). The van der Waals surface area contributed by atoms with Crippen LogP contribution in [-0.4, -0.2) is 40.4 Å². The van der Waals surface area contributed by atoms with Crippen molar-refractivity contribution in [1.29, 1.82) is 0 Å². The molecular formula is C35H30N8O2. The number of unbranched alkanes of at least 4 members (excludes halogenated alkanes) is 1. The highest BCUT2D eigenvalue weighted by Gasteiger charge is 2.24. The summed E-state index contributed by atoms with van der Waals surface area (Å²) in [5.41, 5.74) is 5.33. The third kappa shape index (κ3) is 5.85. The second-order valence-electron chi connectivity index (χ2n) is 10.5. The number of hydrogen-bond acceptors (Lipinski definition) is 8. The Balaban J connectivity index is 1.40. The van der Waals surface area contributed by atoms with E-state index in [0.717, 1.165) is 47.3 Å². The number of aromatic nitrogens is 8. The normalized spacial score (nSPS) is 11.1. The summed E-state index contributed by atoms with van der Waals surface area (Å²) in [5, 5.41) is 23.9. The molecule has 0 saturated carbocycles. The van der Waals surface area contributed by atoms with Crippen LogP contribution in [0.2, 0.25) is 0 Å². The Bertz CT molecular complexity index is 2030. The minimum atomic E-state index is 0.323. The second kappa shape index (κ2) is 12.8. The molecule has 4 aromatic carbocycles. The maximum Gasteiger partial charge on any atom is 0.267 e. The van der Waals surface area contributed by atoms with Crippen molar-refractivity contribution in [3.8, 4) is 45.8 Å². The van der Waals surface area contributed by atoms with Gasteiger partial charge in [0.05, 0.1) is 6.54 Å². The number of H-pyrrole nitrogens is 1. The zero-order valence-electron chi connectivity index (χ0n) is 24.7. The number of hydrogen-bond donors (Lipinski definition) is 1. The summed E-state index contributed by atoms with van der Waals surface area (Å²) in [5.74, 6) is 3.42. The summed E-state index contributed by atoms with van der Waals surface area (Å²) in [6.45, 7) is 2.68. The molecule has 0 atom stereocenters. The van der Waals surface area contributed by atoms with Crippen molar-refractivity contribution in [2.45, 2.75) is 32.7 Å². The molecule has 3 heterocycles. The van der Waals surface area contributed by atoms with E-state index in [1.165, 1.54) is 0 Å². The minimum absolute atomic E-state index is 0.323. The van der Waals surface area contributed by atoms with Crippen molar-refractivity contribution >= 4 is 11.0 Å². The fourth-order valence-corrected chi connectivity index (χ4v) is 5.36. The molecule has 3 aromatic heterocycles. The van der Waals surface area contributed by atoms with E-state index in [2.05, 4.69) is 60.5 Å². The lowest BCUT2D eigenvalue weighted by atomic mass is 9.95. The van der Waals surface area contributed by atoms with Gasteiger partial charge in [0.25, 0.3) is 11.8 Å². The number of nitrogens with one attached hydrogen (secondary N) is 1. The Morgan fingerprint density at radius 3 is 1.98 bits per heavy atom. The highest BCUT2D eigenvalue weighted by Crippen LogP contribution is 2.37. The average Bonchev–Trinajstić information content (AvgIpc) is 3.76. The molecule has 0 amide bonds. The Hall–Kier alpha value is -5.90. The molecule has 0 radical (unpaired) electrons. The molecule has 10 heteroatoms. The zero-order valence-corrected chi connectivity index (χ0v) is 24.7. The van der Waals surface area contributed by atoms with Gasteiger partial charge < -0.3 is 14.0 Å². The molecule has 7 aromatic rings. The lowest BCUT2D eigenvalue weighted by Crippen LogP contribution is -2.08. The molecule has 222 valence electrons. The summed E-state index contributed by atoms with van der Waals surface area (Å²) in [6.07, 6.45) is 2.76. The maximum atomic E-state index is 6.36. The molecule has 0 saturated heterocycles. The third-order valence-corrected chi connectivity index (χ3v) is 7.50. The van der Waals surface area contributed by atoms with Crippen LogP contribution >= 0.6 is 0 Å². The fraction of sp³-hybridized carbons (Fsp3) is 0.143.